The lowest BCUT2D eigenvalue weighted by molar-refractivity contribution is -0.147. The SMILES string of the molecule is CCCCOC(=O)[C@@H]1CC=C(NC(=O)OC(C)(C)C)C=C1CCCOC1CCCCC1OCCCC. The molecule has 0 heterocycles. The molecule has 7 heteroatoms. The van der Waals surface area contributed by atoms with Crippen molar-refractivity contribution in [3.63, 3.8) is 0 Å². The van der Waals surface area contributed by atoms with Gasteiger partial charge in [0, 0.05) is 18.9 Å². The fourth-order valence-corrected chi connectivity index (χ4v) is 4.51. The zero-order valence-electron chi connectivity index (χ0n) is 23.2. The Morgan fingerprint density at radius 1 is 0.944 bits per heavy atom. The summed E-state index contributed by atoms with van der Waals surface area (Å²) in [7, 11) is 0. The quantitative estimate of drug-likeness (QED) is 0.210. The summed E-state index contributed by atoms with van der Waals surface area (Å²) in [6.07, 6.45) is 14.1. The predicted octanol–water partition coefficient (Wildman–Crippen LogP) is 6.61. The van der Waals surface area contributed by atoms with Crippen LogP contribution in [-0.2, 0) is 23.7 Å². The Morgan fingerprint density at radius 2 is 1.56 bits per heavy atom. The molecule has 1 saturated carbocycles. The first kappa shape index (κ1) is 30.4. The van der Waals surface area contributed by atoms with E-state index in [9.17, 15) is 9.59 Å². The molecule has 0 radical (unpaired) electrons. The van der Waals surface area contributed by atoms with Gasteiger partial charge in [0.05, 0.1) is 24.7 Å². The van der Waals surface area contributed by atoms with Gasteiger partial charge in [0.2, 0.25) is 0 Å². The molecule has 0 bridgehead atoms. The van der Waals surface area contributed by atoms with Gasteiger partial charge in [0.25, 0.3) is 0 Å². The highest BCUT2D eigenvalue weighted by molar-refractivity contribution is 5.77. The smallest absolute Gasteiger partial charge is 0.412 e. The van der Waals surface area contributed by atoms with Gasteiger partial charge in [-0.25, -0.2) is 4.79 Å². The molecule has 0 aromatic carbocycles. The van der Waals surface area contributed by atoms with E-state index in [4.69, 9.17) is 18.9 Å². The summed E-state index contributed by atoms with van der Waals surface area (Å²) in [5.74, 6) is -0.522. The maximum Gasteiger partial charge on any atom is 0.412 e. The van der Waals surface area contributed by atoms with Crippen molar-refractivity contribution in [2.75, 3.05) is 19.8 Å². The summed E-state index contributed by atoms with van der Waals surface area (Å²) in [5.41, 5.74) is 1.05. The maximum absolute atomic E-state index is 12.8. The van der Waals surface area contributed by atoms with E-state index in [1.54, 1.807) is 0 Å². The lowest BCUT2D eigenvalue weighted by atomic mass is 9.87. The number of hydrogen-bond donors (Lipinski definition) is 1. The molecule has 0 spiro atoms. The van der Waals surface area contributed by atoms with Crippen molar-refractivity contribution in [1.82, 2.24) is 5.32 Å². The second-order valence-electron chi connectivity index (χ2n) is 10.9. The van der Waals surface area contributed by atoms with Crippen LogP contribution in [0.1, 0.15) is 105 Å². The van der Waals surface area contributed by atoms with Crippen LogP contribution in [-0.4, -0.2) is 49.7 Å². The van der Waals surface area contributed by atoms with Gasteiger partial charge in [-0.15, -0.1) is 0 Å². The number of ether oxygens (including phenoxy) is 4. The normalized spacial score (nSPS) is 22.4. The van der Waals surface area contributed by atoms with Gasteiger partial charge in [-0.05, 0) is 71.8 Å². The van der Waals surface area contributed by atoms with Crippen molar-refractivity contribution in [1.29, 1.82) is 0 Å². The number of allylic oxidation sites excluding steroid dienone is 2. The lowest BCUT2D eigenvalue weighted by Gasteiger charge is -2.31. The largest absolute Gasteiger partial charge is 0.465 e. The van der Waals surface area contributed by atoms with Crippen molar-refractivity contribution >= 4 is 12.1 Å². The molecular formula is C29H49NO6. The van der Waals surface area contributed by atoms with E-state index in [1.807, 2.05) is 32.9 Å². The molecule has 1 fully saturated rings. The third-order valence-corrected chi connectivity index (χ3v) is 6.45. The first-order valence-corrected chi connectivity index (χ1v) is 14.0. The van der Waals surface area contributed by atoms with E-state index in [2.05, 4.69) is 19.2 Å². The second-order valence-corrected chi connectivity index (χ2v) is 10.9. The first-order valence-electron chi connectivity index (χ1n) is 14.0. The number of unbranched alkanes of at least 4 members (excludes halogenated alkanes) is 2. The Labute approximate surface area is 218 Å². The molecule has 1 N–H and O–H groups in total. The first-order chi connectivity index (χ1) is 17.2. The van der Waals surface area contributed by atoms with Crippen LogP contribution in [0, 0.1) is 5.92 Å². The molecule has 0 aromatic rings. The van der Waals surface area contributed by atoms with E-state index in [0.717, 1.165) is 57.1 Å². The Morgan fingerprint density at radius 3 is 2.17 bits per heavy atom. The standard InChI is InChI=1S/C29H49NO6/c1-6-8-18-33-25-14-10-11-15-26(25)34-20-12-13-22-21-23(30-28(32)36-29(3,4)5)16-17-24(22)27(31)35-19-9-7-2/h16,21,24-26H,6-15,17-20H2,1-5H3,(H,30,32)/t24-,25?,26?/m1/s1. The number of nitrogens with one attached hydrogen (secondary N) is 1. The van der Waals surface area contributed by atoms with Gasteiger partial charge in [-0.2, -0.15) is 0 Å². The number of hydrogen-bond acceptors (Lipinski definition) is 6. The van der Waals surface area contributed by atoms with Crippen LogP contribution in [0.25, 0.3) is 0 Å². The van der Waals surface area contributed by atoms with Gasteiger partial charge in [-0.3, -0.25) is 10.1 Å². The number of alkyl carbamates (subject to hydrolysis) is 1. The van der Waals surface area contributed by atoms with Gasteiger partial charge in [0.15, 0.2) is 0 Å². The highest BCUT2D eigenvalue weighted by Gasteiger charge is 2.29. The number of rotatable bonds is 14. The Balaban J connectivity index is 1.94. The summed E-state index contributed by atoms with van der Waals surface area (Å²) in [6, 6.07) is 0. The van der Waals surface area contributed by atoms with Crippen molar-refractivity contribution in [3.05, 3.63) is 23.4 Å². The topological polar surface area (TPSA) is 83.1 Å². The molecule has 2 unspecified atom stereocenters. The van der Waals surface area contributed by atoms with E-state index < -0.39 is 11.7 Å². The Bertz CT molecular complexity index is 739. The Kier molecular flexibility index (Phi) is 13.6. The summed E-state index contributed by atoms with van der Waals surface area (Å²) < 4.78 is 23.3. The van der Waals surface area contributed by atoms with Crippen molar-refractivity contribution in [2.45, 2.75) is 123 Å². The molecule has 0 saturated heterocycles. The van der Waals surface area contributed by atoms with Crippen LogP contribution in [0.4, 0.5) is 4.79 Å². The molecule has 2 rings (SSSR count). The average molecular weight is 508 g/mol. The minimum Gasteiger partial charge on any atom is -0.465 e. The third-order valence-electron chi connectivity index (χ3n) is 6.45. The molecule has 1 amide bonds. The minimum absolute atomic E-state index is 0.148. The van der Waals surface area contributed by atoms with Gasteiger partial charge in [0.1, 0.15) is 5.60 Å². The highest BCUT2D eigenvalue weighted by Crippen LogP contribution is 2.29. The zero-order valence-corrected chi connectivity index (χ0v) is 23.2. The van der Waals surface area contributed by atoms with Gasteiger partial charge < -0.3 is 18.9 Å². The van der Waals surface area contributed by atoms with Crippen molar-refractivity contribution in [3.8, 4) is 0 Å². The fraction of sp³-hybridized carbons (Fsp3) is 0.793. The van der Waals surface area contributed by atoms with E-state index in [-0.39, 0.29) is 24.1 Å². The monoisotopic (exact) mass is 507 g/mol. The predicted molar refractivity (Wildman–Crippen MR) is 142 cm³/mol. The van der Waals surface area contributed by atoms with Crippen molar-refractivity contribution in [2.24, 2.45) is 5.92 Å². The van der Waals surface area contributed by atoms with E-state index in [0.29, 0.717) is 31.8 Å². The van der Waals surface area contributed by atoms with E-state index in [1.165, 1.54) is 12.8 Å². The summed E-state index contributed by atoms with van der Waals surface area (Å²) in [5, 5.41) is 2.81. The van der Waals surface area contributed by atoms with Crippen LogP contribution in [0.3, 0.4) is 0 Å². The number of amides is 1. The van der Waals surface area contributed by atoms with Crippen LogP contribution < -0.4 is 5.32 Å². The number of carbonyl (C=O) groups is 2. The summed E-state index contributed by atoms with van der Waals surface area (Å²) in [6.45, 7) is 11.6. The molecule has 206 valence electrons. The molecule has 2 aliphatic carbocycles. The molecule has 0 aromatic heterocycles. The molecular weight excluding hydrogens is 458 g/mol. The maximum atomic E-state index is 12.8. The molecule has 3 atom stereocenters. The highest BCUT2D eigenvalue weighted by atomic mass is 16.6. The summed E-state index contributed by atoms with van der Waals surface area (Å²) in [4.78, 5) is 25.1. The second kappa shape index (κ2) is 16.1. The number of carbonyl (C=O) groups excluding carboxylic acids is 2. The summed E-state index contributed by atoms with van der Waals surface area (Å²) >= 11 is 0. The average Bonchev–Trinajstić information content (AvgIpc) is 2.82. The molecule has 7 nitrogen and oxygen atoms in total. The van der Waals surface area contributed by atoms with Gasteiger partial charge in [-0.1, -0.05) is 51.2 Å². The molecule has 36 heavy (non-hydrogen) atoms. The lowest BCUT2D eigenvalue weighted by Crippen LogP contribution is -2.35. The number of esters is 1. The minimum atomic E-state index is -0.577. The molecule has 0 aliphatic heterocycles. The van der Waals surface area contributed by atoms with Crippen LogP contribution in [0.2, 0.25) is 0 Å². The Hall–Kier alpha value is -1.86. The van der Waals surface area contributed by atoms with Crippen LogP contribution in [0.15, 0.2) is 23.4 Å². The third kappa shape index (κ3) is 11.5. The van der Waals surface area contributed by atoms with Crippen molar-refractivity contribution < 1.29 is 28.5 Å². The molecule has 2 aliphatic rings. The fourth-order valence-electron chi connectivity index (χ4n) is 4.51. The van der Waals surface area contributed by atoms with Gasteiger partial charge >= 0.3 is 12.1 Å². The van der Waals surface area contributed by atoms with Crippen LogP contribution >= 0.6 is 0 Å². The van der Waals surface area contributed by atoms with Crippen LogP contribution in [0.5, 0.6) is 0 Å². The van der Waals surface area contributed by atoms with E-state index >= 15 is 0 Å². The zero-order chi connectivity index (χ0) is 26.4.